The number of hydrogen-bond donors (Lipinski definition) is 0. The van der Waals surface area contributed by atoms with Crippen molar-refractivity contribution in [1.82, 2.24) is 4.90 Å². The van der Waals surface area contributed by atoms with Gasteiger partial charge in [-0.2, -0.15) is 13.2 Å². The van der Waals surface area contributed by atoms with Gasteiger partial charge in [-0.25, -0.2) is 0 Å². The predicted octanol–water partition coefficient (Wildman–Crippen LogP) is 2.71. The third-order valence-electron chi connectivity index (χ3n) is 1.99. The Hall–Kier alpha value is -0.930. The molecule has 0 radical (unpaired) electrons. The fraction of sp³-hybridized carbons (Fsp3) is 0.556. The molecule has 0 bridgehead atoms. The molecule has 0 saturated carbocycles. The zero-order valence-corrected chi connectivity index (χ0v) is 7.65. The Morgan fingerprint density at radius 1 is 1.31 bits per heavy atom. The van der Waals surface area contributed by atoms with Crippen molar-refractivity contribution in [2.75, 3.05) is 14.1 Å². The molecule has 0 unspecified atom stereocenters. The van der Waals surface area contributed by atoms with Crippen LogP contribution in [0.1, 0.15) is 12.8 Å². The molecule has 0 atom stereocenters. The number of hydrogen-bond acceptors (Lipinski definition) is 1. The van der Waals surface area contributed by atoms with Crippen LogP contribution < -0.4 is 0 Å². The molecule has 0 heterocycles. The lowest BCUT2D eigenvalue weighted by Gasteiger charge is -2.21. The van der Waals surface area contributed by atoms with Crippen molar-refractivity contribution in [3.05, 3.63) is 23.4 Å². The number of rotatable bonds is 1. The van der Waals surface area contributed by atoms with Crippen LogP contribution in [0.25, 0.3) is 0 Å². The van der Waals surface area contributed by atoms with E-state index >= 15 is 0 Å². The van der Waals surface area contributed by atoms with Crippen molar-refractivity contribution in [2.45, 2.75) is 19.0 Å². The maximum absolute atomic E-state index is 12.2. The molecule has 1 aliphatic rings. The van der Waals surface area contributed by atoms with Gasteiger partial charge in [0, 0.05) is 19.8 Å². The van der Waals surface area contributed by atoms with E-state index < -0.39 is 11.7 Å². The first-order valence-electron chi connectivity index (χ1n) is 4.06. The molecule has 0 amide bonds. The SMILES string of the molecule is CN(C)C1=CC(C(F)(F)F)=CCC1. The minimum atomic E-state index is -4.21. The maximum atomic E-state index is 12.2. The number of allylic oxidation sites excluding steroid dienone is 4. The monoisotopic (exact) mass is 191 g/mol. The summed E-state index contributed by atoms with van der Waals surface area (Å²) in [6, 6.07) is 0. The van der Waals surface area contributed by atoms with E-state index in [0.29, 0.717) is 12.8 Å². The Balaban J connectivity index is 2.85. The zero-order valence-electron chi connectivity index (χ0n) is 7.65. The van der Waals surface area contributed by atoms with Gasteiger partial charge >= 0.3 is 6.18 Å². The van der Waals surface area contributed by atoms with Crippen molar-refractivity contribution >= 4 is 0 Å². The van der Waals surface area contributed by atoms with Crippen LogP contribution in [0.4, 0.5) is 13.2 Å². The largest absolute Gasteiger partial charge is 0.416 e. The second-order valence-electron chi connectivity index (χ2n) is 3.23. The van der Waals surface area contributed by atoms with E-state index in [4.69, 9.17) is 0 Å². The topological polar surface area (TPSA) is 3.24 Å². The lowest BCUT2D eigenvalue weighted by Crippen LogP contribution is -2.18. The number of nitrogens with zero attached hydrogens (tertiary/aromatic N) is 1. The molecule has 0 aliphatic heterocycles. The van der Waals surface area contributed by atoms with Crippen LogP contribution in [0.3, 0.4) is 0 Å². The molecule has 0 N–H and O–H groups in total. The molecule has 1 rings (SSSR count). The zero-order chi connectivity index (χ0) is 10.1. The second-order valence-corrected chi connectivity index (χ2v) is 3.23. The highest BCUT2D eigenvalue weighted by Gasteiger charge is 2.33. The summed E-state index contributed by atoms with van der Waals surface area (Å²) in [6.45, 7) is 0. The first kappa shape index (κ1) is 10.2. The normalized spacial score (nSPS) is 17.9. The molecule has 0 spiro atoms. The third kappa shape index (κ3) is 2.50. The van der Waals surface area contributed by atoms with Gasteiger partial charge in [0.2, 0.25) is 0 Å². The average molecular weight is 191 g/mol. The summed E-state index contributed by atoms with van der Waals surface area (Å²) in [6.07, 6.45) is -0.594. The van der Waals surface area contributed by atoms with Gasteiger partial charge in [0.1, 0.15) is 0 Å². The van der Waals surface area contributed by atoms with E-state index in [9.17, 15) is 13.2 Å². The second kappa shape index (κ2) is 3.44. The first-order valence-corrected chi connectivity index (χ1v) is 4.06. The Morgan fingerprint density at radius 2 is 1.92 bits per heavy atom. The molecule has 0 aromatic carbocycles. The summed E-state index contributed by atoms with van der Waals surface area (Å²) in [4.78, 5) is 1.72. The van der Waals surface area contributed by atoms with Crippen molar-refractivity contribution in [3.63, 3.8) is 0 Å². The molecule has 74 valence electrons. The van der Waals surface area contributed by atoms with Gasteiger partial charge in [-0.15, -0.1) is 0 Å². The van der Waals surface area contributed by atoms with Gasteiger partial charge in [-0.3, -0.25) is 0 Å². The quantitative estimate of drug-likeness (QED) is 0.616. The Bertz CT molecular complexity index is 248. The minimum Gasteiger partial charge on any atom is -0.381 e. The highest BCUT2D eigenvalue weighted by molar-refractivity contribution is 5.30. The average Bonchev–Trinajstić information content (AvgIpc) is 2.03. The lowest BCUT2D eigenvalue weighted by atomic mass is 10.0. The summed E-state index contributed by atoms with van der Waals surface area (Å²) in [5, 5.41) is 0. The predicted molar refractivity (Wildman–Crippen MR) is 45.1 cm³/mol. The van der Waals surface area contributed by atoms with Crippen molar-refractivity contribution in [1.29, 1.82) is 0 Å². The summed E-state index contributed by atoms with van der Waals surface area (Å²) in [7, 11) is 3.51. The van der Waals surface area contributed by atoms with E-state index in [-0.39, 0.29) is 0 Å². The fourth-order valence-corrected chi connectivity index (χ4v) is 1.24. The Morgan fingerprint density at radius 3 is 2.38 bits per heavy atom. The van der Waals surface area contributed by atoms with Gasteiger partial charge in [-0.05, 0) is 18.9 Å². The van der Waals surface area contributed by atoms with Gasteiger partial charge in [0.05, 0.1) is 5.57 Å². The van der Waals surface area contributed by atoms with Gasteiger partial charge in [0.15, 0.2) is 0 Å². The van der Waals surface area contributed by atoms with Crippen LogP contribution >= 0.6 is 0 Å². The van der Waals surface area contributed by atoms with E-state index in [2.05, 4.69) is 0 Å². The first-order chi connectivity index (χ1) is 5.91. The molecule has 13 heavy (non-hydrogen) atoms. The Labute approximate surface area is 75.5 Å². The highest BCUT2D eigenvalue weighted by Crippen LogP contribution is 2.31. The van der Waals surface area contributed by atoms with Crippen LogP contribution in [-0.2, 0) is 0 Å². The molecule has 0 aromatic rings. The fourth-order valence-electron chi connectivity index (χ4n) is 1.24. The molecule has 4 heteroatoms. The van der Waals surface area contributed by atoms with E-state index in [1.54, 1.807) is 19.0 Å². The molecular weight excluding hydrogens is 179 g/mol. The van der Waals surface area contributed by atoms with Crippen LogP contribution in [0.2, 0.25) is 0 Å². The van der Waals surface area contributed by atoms with E-state index in [1.807, 2.05) is 0 Å². The van der Waals surface area contributed by atoms with E-state index in [1.165, 1.54) is 12.2 Å². The highest BCUT2D eigenvalue weighted by atomic mass is 19.4. The standard InChI is InChI=1S/C9H12F3N/c1-13(2)8-5-3-4-7(6-8)9(10,11)12/h4,6H,3,5H2,1-2H3. The summed E-state index contributed by atoms with van der Waals surface area (Å²) in [5.41, 5.74) is 0.206. The summed E-state index contributed by atoms with van der Waals surface area (Å²) in [5.74, 6) is 0. The maximum Gasteiger partial charge on any atom is 0.416 e. The van der Waals surface area contributed by atoms with Crippen LogP contribution in [0.5, 0.6) is 0 Å². The smallest absolute Gasteiger partial charge is 0.381 e. The number of alkyl halides is 3. The lowest BCUT2D eigenvalue weighted by molar-refractivity contribution is -0.0888. The molecule has 1 nitrogen and oxygen atoms in total. The van der Waals surface area contributed by atoms with Crippen molar-refractivity contribution < 1.29 is 13.2 Å². The molecule has 1 aliphatic carbocycles. The Kier molecular flexibility index (Phi) is 2.68. The number of halogens is 3. The van der Waals surface area contributed by atoms with Crippen molar-refractivity contribution in [3.8, 4) is 0 Å². The van der Waals surface area contributed by atoms with Crippen LogP contribution in [0, 0.1) is 0 Å². The van der Waals surface area contributed by atoms with Gasteiger partial charge < -0.3 is 4.90 Å². The molecule has 0 aromatic heterocycles. The van der Waals surface area contributed by atoms with Gasteiger partial charge in [0.25, 0.3) is 0 Å². The van der Waals surface area contributed by atoms with Crippen molar-refractivity contribution in [2.24, 2.45) is 0 Å². The van der Waals surface area contributed by atoms with Crippen LogP contribution in [0.15, 0.2) is 23.4 Å². The minimum absolute atomic E-state index is 0.471. The van der Waals surface area contributed by atoms with Gasteiger partial charge in [-0.1, -0.05) is 6.08 Å². The summed E-state index contributed by atoms with van der Waals surface area (Å²) >= 11 is 0. The summed E-state index contributed by atoms with van der Waals surface area (Å²) < 4.78 is 36.7. The molecule has 0 fully saturated rings. The van der Waals surface area contributed by atoms with E-state index in [0.717, 1.165) is 5.70 Å². The molecule has 0 saturated heterocycles. The third-order valence-corrected chi connectivity index (χ3v) is 1.99. The van der Waals surface area contributed by atoms with Crippen LogP contribution in [-0.4, -0.2) is 25.2 Å². The molecular formula is C9H12F3N.